The third-order valence-corrected chi connectivity index (χ3v) is 1.91. The van der Waals surface area contributed by atoms with Crippen LogP contribution in [0.25, 0.3) is 0 Å². The van der Waals surface area contributed by atoms with E-state index >= 15 is 0 Å². The van der Waals surface area contributed by atoms with Gasteiger partial charge in [0.15, 0.2) is 0 Å². The molecule has 0 aromatic carbocycles. The summed E-state index contributed by atoms with van der Waals surface area (Å²) in [6, 6.07) is 0. The normalized spacial score (nSPS) is 17.9. The lowest BCUT2D eigenvalue weighted by Gasteiger charge is -2.09. The molecule has 3 nitrogen and oxygen atoms in total. The predicted molar refractivity (Wildman–Crippen MR) is 36.4 cm³/mol. The Bertz CT molecular complexity index is 166. The molecule has 50 valence electrons. The van der Waals surface area contributed by atoms with Crippen LogP contribution in [-0.2, 0) is 0 Å². The minimum atomic E-state index is -0.893. The zero-order valence-corrected chi connectivity index (χ0v) is 6.26. The zero-order valence-electron chi connectivity index (χ0n) is 4.67. The summed E-state index contributed by atoms with van der Waals surface area (Å²) in [5, 5.41) is 8.44. The maximum Gasteiger partial charge on any atom is 0.412 e. The van der Waals surface area contributed by atoms with Crippen molar-refractivity contribution in [1.29, 1.82) is 0 Å². The van der Waals surface area contributed by atoms with Gasteiger partial charge in [0, 0.05) is 6.54 Å². The van der Waals surface area contributed by atoms with E-state index in [0.717, 1.165) is 6.42 Å². The molecule has 0 spiro atoms. The Morgan fingerprint density at radius 1 is 1.89 bits per heavy atom. The number of hydrogen-bond donors (Lipinski definition) is 1. The van der Waals surface area contributed by atoms with Crippen molar-refractivity contribution < 1.29 is 9.90 Å². The second kappa shape index (κ2) is 2.39. The maximum atomic E-state index is 10.3. The molecular formula is C5H6BrNO2. The molecule has 0 aliphatic carbocycles. The topological polar surface area (TPSA) is 40.5 Å². The van der Waals surface area contributed by atoms with Gasteiger partial charge in [-0.15, -0.1) is 0 Å². The van der Waals surface area contributed by atoms with E-state index in [9.17, 15) is 4.79 Å². The highest BCUT2D eigenvalue weighted by Gasteiger charge is 2.17. The fourth-order valence-electron chi connectivity index (χ4n) is 0.717. The second-order valence-corrected chi connectivity index (χ2v) is 2.56. The van der Waals surface area contributed by atoms with Gasteiger partial charge in [-0.05, 0) is 22.4 Å². The van der Waals surface area contributed by atoms with Crippen LogP contribution in [-0.4, -0.2) is 22.6 Å². The molecule has 0 aromatic rings. The summed E-state index contributed by atoms with van der Waals surface area (Å²) in [6.45, 7) is 0.579. The van der Waals surface area contributed by atoms with E-state index in [2.05, 4.69) is 15.9 Å². The van der Waals surface area contributed by atoms with E-state index in [4.69, 9.17) is 5.11 Å². The van der Waals surface area contributed by atoms with Gasteiger partial charge in [0.05, 0.1) is 4.61 Å². The van der Waals surface area contributed by atoms with Crippen LogP contribution in [0.2, 0.25) is 0 Å². The van der Waals surface area contributed by atoms with Gasteiger partial charge >= 0.3 is 6.09 Å². The van der Waals surface area contributed by atoms with Crippen LogP contribution in [0, 0.1) is 0 Å². The van der Waals surface area contributed by atoms with Crippen LogP contribution in [0.1, 0.15) is 6.42 Å². The van der Waals surface area contributed by atoms with Crippen LogP contribution in [0.3, 0.4) is 0 Å². The minimum Gasteiger partial charge on any atom is -0.465 e. The first kappa shape index (κ1) is 6.61. The van der Waals surface area contributed by atoms with Crippen molar-refractivity contribution in [3.63, 3.8) is 0 Å². The minimum absolute atomic E-state index is 0.579. The fourth-order valence-corrected chi connectivity index (χ4v) is 1.27. The molecule has 0 saturated carbocycles. The number of hydrogen-bond acceptors (Lipinski definition) is 1. The molecule has 9 heavy (non-hydrogen) atoms. The van der Waals surface area contributed by atoms with Crippen molar-refractivity contribution >= 4 is 22.0 Å². The lowest BCUT2D eigenvalue weighted by atomic mass is 10.5. The van der Waals surface area contributed by atoms with E-state index in [-0.39, 0.29) is 0 Å². The average Bonchev–Trinajstić information content (AvgIpc) is 2.13. The van der Waals surface area contributed by atoms with Crippen molar-refractivity contribution in [3.8, 4) is 0 Å². The summed E-state index contributed by atoms with van der Waals surface area (Å²) in [7, 11) is 0. The summed E-state index contributed by atoms with van der Waals surface area (Å²) in [5.41, 5.74) is 0. The Labute approximate surface area is 61.1 Å². The highest BCUT2D eigenvalue weighted by atomic mass is 79.9. The van der Waals surface area contributed by atoms with Crippen molar-refractivity contribution in [1.82, 2.24) is 4.90 Å². The highest BCUT2D eigenvalue weighted by molar-refractivity contribution is 9.11. The van der Waals surface area contributed by atoms with E-state index in [1.807, 2.05) is 6.08 Å². The molecule has 0 unspecified atom stereocenters. The first-order valence-electron chi connectivity index (χ1n) is 2.58. The lowest BCUT2D eigenvalue weighted by molar-refractivity contribution is 0.165. The van der Waals surface area contributed by atoms with Crippen LogP contribution in [0.15, 0.2) is 10.7 Å². The van der Waals surface area contributed by atoms with E-state index in [0.29, 0.717) is 11.2 Å². The van der Waals surface area contributed by atoms with E-state index in [1.54, 1.807) is 0 Å². The van der Waals surface area contributed by atoms with Crippen molar-refractivity contribution in [2.45, 2.75) is 6.42 Å². The molecule has 0 aromatic heterocycles. The molecular weight excluding hydrogens is 186 g/mol. The smallest absolute Gasteiger partial charge is 0.412 e. The molecule has 0 bridgehead atoms. The van der Waals surface area contributed by atoms with E-state index in [1.165, 1.54) is 4.90 Å². The summed E-state index contributed by atoms with van der Waals surface area (Å²) in [6.07, 6.45) is 1.76. The van der Waals surface area contributed by atoms with Crippen LogP contribution in [0.4, 0.5) is 4.79 Å². The number of carboxylic acid groups (broad SMARTS) is 1. The van der Waals surface area contributed by atoms with Gasteiger partial charge < -0.3 is 5.11 Å². The number of halogens is 1. The summed E-state index contributed by atoms with van der Waals surface area (Å²) in [4.78, 5) is 11.5. The first-order valence-corrected chi connectivity index (χ1v) is 3.37. The van der Waals surface area contributed by atoms with Gasteiger partial charge in [-0.2, -0.15) is 0 Å². The quantitative estimate of drug-likeness (QED) is 0.592. The van der Waals surface area contributed by atoms with E-state index < -0.39 is 6.09 Å². The van der Waals surface area contributed by atoms with Crippen LogP contribution < -0.4 is 0 Å². The van der Waals surface area contributed by atoms with Gasteiger partial charge in [0.1, 0.15) is 0 Å². The average molecular weight is 192 g/mol. The molecule has 1 N–H and O–H groups in total. The third-order valence-electron chi connectivity index (χ3n) is 1.15. The maximum absolute atomic E-state index is 10.3. The Hall–Kier alpha value is -0.510. The molecule has 0 fully saturated rings. The second-order valence-electron chi connectivity index (χ2n) is 1.75. The zero-order chi connectivity index (χ0) is 6.85. The molecule has 1 rings (SSSR count). The summed E-state index contributed by atoms with van der Waals surface area (Å²) in [5.74, 6) is 0. The monoisotopic (exact) mass is 191 g/mol. The van der Waals surface area contributed by atoms with Gasteiger partial charge in [-0.25, -0.2) is 4.79 Å². The van der Waals surface area contributed by atoms with Gasteiger partial charge in [-0.1, -0.05) is 6.08 Å². The van der Waals surface area contributed by atoms with Crippen LogP contribution >= 0.6 is 15.9 Å². The van der Waals surface area contributed by atoms with Crippen LogP contribution in [0.5, 0.6) is 0 Å². The summed E-state index contributed by atoms with van der Waals surface area (Å²) < 4.78 is 0.662. The summed E-state index contributed by atoms with van der Waals surface area (Å²) >= 11 is 3.11. The standard InChI is InChI=1S/C5H6BrNO2/c6-4-2-1-3-7(4)5(8)9/h2H,1,3H2,(H,8,9). The molecule has 0 radical (unpaired) electrons. The molecule has 0 atom stereocenters. The largest absolute Gasteiger partial charge is 0.465 e. The third kappa shape index (κ3) is 1.24. The SMILES string of the molecule is O=C(O)N1CCC=C1Br. The van der Waals surface area contributed by atoms with Crippen molar-refractivity contribution in [2.75, 3.05) is 6.54 Å². The molecule has 1 amide bonds. The molecule has 1 heterocycles. The molecule has 1 aliphatic rings. The Morgan fingerprint density at radius 3 is 2.78 bits per heavy atom. The lowest BCUT2D eigenvalue weighted by Crippen LogP contribution is -2.23. The Kier molecular flexibility index (Phi) is 1.75. The molecule has 0 saturated heterocycles. The first-order chi connectivity index (χ1) is 4.22. The molecule has 1 aliphatic heterocycles. The predicted octanol–water partition coefficient (Wildman–Crippen LogP) is 1.61. The van der Waals surface area contributed by atoms with Gasteiger partial charge in [0.2, 0.25) is 0 Å². The van der Waals surface area contributed by atoms with Gasteiger partial charge in [-0.3, -0.25) is 4.90 Å². The Morgan fingerprint density at radius 2 is 2.56 bits per heavy atom. The fraction of sp³-hybridized carbons (Fsp3) is 0.400. The molecule has 4 heteroatoms. The number of amides is 1. The number of carbonyl (C=O) groups is 1. The highest BCUT2D eigenvalue weighted by Crippen LogP contribution is 2.19. The number of rotatable bonds is 0. The number of nitrogens with zero attached hydrogens (tertiary/aromatic N) is 1. The van der Waals surface area contributed by atoms with Crippen molar-refractivity contribution in [2.24, 2.45) is 0 Å². The Balaban J connectivity index is 2.63. The van der Waals surface area contributed by atoms with Crippen molar-refractivity contribution in [3.05, 3.63) is 10.7 Å². The van der Waals surface area contributed by atoms with Gasteiger partial charge in [0.25, 0.3) is 0 Å².